The largest absolute Gasteiger partial charge is 0.495 e. The zero-order valence-corrected chi connectivity index (χ0v) is 19.6. The van der Waals surface area contributed by atoms with E-state index in [0.717, 1.165) is 0 Å². The van der Waals surface area contributed by atoms with Crippen LogP contribution in [0.25, 0.3) is 0 Å². The Balaban J connectivity index is 1.29. The Morgan fingerprint density at radius 3 is 2.66 bits per heavy atom. The minimum atomic E-state index is -0.561. The molecule has 0 atom stereocenters. The monoisotopic (exact) mass is 494 g/mol. The third-order valence-corrected chi connectivity index (χ3v) is 5.95. The molecule has 0 unspecified atom stereocenters. The van der Waals surface area contributed by atoms with Gasteiger partial charge in [0.05, 0.1) is 36.2 Å². The molecule has 1 fully saturated rings. The summed E-state index contributed by atoms with van der Waals surface area (Å²) in [5, 5.41) is 6.28. The van der Waals surface area contributed by atoms with Gasteiger partial charge in [-0.15, -0.1) is 11.3 Å². The molecule has 2 aromatic carbocycles. The van der Waals surface area contributed by atoms with Crippen LogP contribution in [0.3, 0.4) is 0 Å². The Morgan fingerprint density at radius 2 is 1.89 bits per heavy atom. The number of carbonyl (C=O) groups excluding carboxylic acids is 4. The van der Waals surface area contributed by atoms with Crippen molar-refractivity contribution < 1.29 is 28.7 Å². The molecule has 4 rings (SSSR count). The number of esters is 1. The predicted molar refractivity (Wildman–Crippen MR) is 128 cm³/mol. The molecule has 3 aromatic rings. The summed E-state index contributed by atoms with van der Waals surface area (Å²) >= 11 is 1.30. The number of benzene rings is 2. The topological polar surface area (TPSA) is 127 Å². The van der Waals surface area contributed by atoms with Crippen molar-refractivity contribution in [1.82, 2.24) is 10.4 Å². The average molecular weight is 495 g/mol. The van der Waals surface area contributed by atoms with E-state index in [-0.39, 0.29) is 49.2 Å². The van der Waals surface area contributed by atoms with Crippen molar-refractivity contribution in [2.75, 3.05) is 17.4 Å². The van der Waals surface area contributed by atoms with Crippen molar-refractivity contribution in [3.05, 3.63) is 70.2 Å². The number of nitrogens with one attached hydrogen (secondary N) is 2. The predicted octanol–water partition coefficient (Wildman–Crippen LogP) is 2.85. The van der Waals surface area contributed by atoms with Crippen molar-refractivity contribution >= 4 is 46.4 Å². The summed E-state index contributed by atoms with van der Waals surface area (Å²) in [7, 11) is 1.53. The fraction of sp³-hybridized carbons (Fsp3) is 0.208. The van der Waals surface area contributed by atoms with Gasteiger partial charge in [-0.05, 0) is 36.4 Å². The zero-order valence-electron chi connectivity index (χ0n) is 18.8. The number of amides is 3. The lowest BCUT2D eigenvalue weighted by Crippen LogP contribution is -2.50. The van der Waals surface area contributed by atoms with Crippen LogP contribution in [0.5, 0.6) is 5.75 Å². The van der Waals surface area contributed by atoms with Gasteiger partial charge in [-0.25, -0.2) is 14.8 Å². The molecule has 180 valence electrons. The van der Waals surface area contributed by atoms with Gasteiger partial charge in [0.1, 0.15) is 17.4 Å². The molecule has 11 heteroatoms. The van der Waals surface area contributed by atoms with E-state index in [9.17, 15) is 19.2 Å². The molecule has 2 heterocycles. The zero-order chi connectivity index (χ0) is 24.8. The summed E-state index contributed by atoms with van der Waals surface area (Å²) in [6, 6.07) is 13.3. The molecular weight excluding hydrogens is 472 g/mol. The smallest absolute Gasteiger partial charge is 0.338 e. The number of methoxy groups -OCH3 is 1. The van der Waals surface area contributed by atoms with Crippen molar-refractivity contribution in [3.8, 4) is 5.75 Å². The molecule has 1 aliphatic rings. The molecule has 1 aliphatic heterocycles. The lowest BCUT2D eigenvalue weighted by molar-refractivity contribution is -0.130. The van der Waals surface area contributed by atoms with E-state index in [2.05, 4.69) is 15.7 Å². The quantitative estimate of drug-likeness (QED) is 0.461. The third kappa shape index (κ3) is 6.01. The SMILES string of the molecule is COc1ccccc1NC(=O)Cc1nc(COC(=O)c2ccc(N3NC(=O)CCC3=O)cc2)cs1. The molecule has 35 heavy (non-hydrogen) atoms. The highest BCUT2D eigenvalue weighted by Gasteiger charge is 2.24. The second-order valence-corrected chi connectivity index (χ2v) is 8.49. The van der Waals surface area contributed by atoms with Gasteiger partial charge in [-0.1, -0.05) is 12.1 Å². The Labute approximate surface area is 204 Å². The fourth-order valence-electron chi connectivity index (χ4n) is 3.33. The highest BCUT2D eigenvalue weighted by Crippen LogP contribution is 2.23. The van der Waals surface area contributed by atoms with Crippen LogP contribution in [-0.2, 0) is 32.1 Å². The van der Waals surface area contributed by atoms with E-state index in [4.69, 9.17) is 9.47 Å². The summed E-state index contributed by atoms with van der Waals surface area (Å²) in [4.78, 5) is 52.6. The molecule has 1 saturated heterocycles. The third-order valence-electron chi connectivity index (χ3n) is 5.06. The van der Waals surface area contributed by atoms with Crippen LogP contribution in [0.15, 0.2) is 53.9 Å². The summed E-state index contributed by atoms with van der Waals surface area (Å²) in [5.74, 6) is -0.707. The normalized spacial score (nSPS) is 13.2. The van der Waals surface area contributed by atoms with Crippen LogP contribution < -0.4 is 20.5 Å². The van der Waals surface area contributed by atoms with Crippen molar-refractivity contribution in [3.63, 3.8) is 0 Å². The standard InChI is InChI=1S/C24H22N4O6S/c1-33-19-5-3-2-4-18(19)26-21(30)12-22-25-16(14-35-22)13-34-24(32)15-6-8-17(9-7-15)28-23(31)11-10-20(29)27-28/h2-9,14H,10-13H2,1H3,(H,26,30)(H,27,29). The van der Waals surface area contributed by atoms with Crippen LogP contribution in [0, 0.1) is 0 Å². The van der Waals surface area contributed by atoms with Crippen molar-refractivity contribution in [2.24, 2.45) is 0 Å². The molecule has 3 amide bonds. The summed E-state index contributed by atoms with van der Waals surface area (Å²) in [6.45, 7) is -0.0497. The van der Waals surface area contributed by atoms with E-state index < -0.39 is 5.97 Å². The molecule has 0 bridgehead atoms. The Kier molecular flexibility index (Phi) is 7.36. The van der Waals surface area contributed by atoms with Gasteiger partial charge in [-0.2, -0.15) is 0 Å². The number of hydrogen-bond acceptors (Lipinski definition) is 8. The molecule has 0 saturated carbocycles. The second-order valence-electron chi connectivity index (χ2n) is 7.54. The van der Waals surface area contributed by atoms with E-state index in [1.807, 2.05) is 6.07 Å². The maximum atomic E-state index is 12.4. The highest BCUT2D eigenvalue weighted by molar-refractivity contribution is 7.09. The van der Waals surface area contributed by atoms with Gasteiger partial charge in [0.15, 0.2) is 0 Å². The number of aromatic nitrogens is 1. The number of ether oxygens (including phenoxy) is 2. The van der Waals surface area contributed by atoms with Crippen molar-refractivity contribution in [2.45, 2.75) is 25.9 Å². The number of thiazole rings is 1. The summed E-state index contributed by atoms with van der Waals surface area (Å²) in [6.07, 6.45) is 0.363. The van der Waals surface area contributed by atoms with Gasteiger partial charge in [0, 0.05) is 18.2 Å². The van der Waals surface area contributed by atoms with Crippen LogP contribution in [0.2, 0.25) is 0 Å². The first-order valence-electron chi connectivity index (χ1n) is 10.7. The number of anilines is 2. The van der Waals surface area contributed by atoms with Crippen LogP contribution in [0.4, 0.5) is 11.4 Å². The first-order valence-corrected chi connectivity index (χ1v) is 11.6. The molecule has 0 aliphatic carbocycles. The van der Waals surface area contributed by atoms with E-state index in [1.54, 1.807) is 35.7 Å². The van der Waals surface area contributed by atoms with Crippen LogP contribution in [-0.4, -0.2) is 35.8 Å². The molecule has 2 N–H and O–H groups in total. The van der Waals surface area contributed by atoms with Gasteiger partial charge in [0.25, 0.3) is 0 Å². The Bertz CT molecular complexity index is 1260. The highest BCUT2D eigenvalue weighted by atomic mass is 32.1. The second kappa shape index (κ2) is 10.8. The van der Waals surface area contributed by atoms with Crippen molar-refractivity contribution in [1.29, 1.82) is 0 Å². The Morgan fingerprint density at radius 1 is 1.11 bits per heavy atom. The van der Waals surface area contributed by atoms with Gasteiger partial charge in [-0.3, -0.25) is 19.8 Å². The molecule has 1 aromatic heterocycles. The summed E-state index contributed by atoms with van der Waals surface area (Å²) in [5.41, 5.74) is 4.34. The van der Waals surface area contributed by atoms with Gasteiger partial charge >= 0.3 is 5.97 Å². The number of para-hydroxylation sites is 2. The van der Waals surface area contributed by atoms with Gasteiger partial charge < -0.3 is 14.8 Å². The lowest BCUT2D eigenvalue weighted by Gasteiger charge is -2.27. The number of carbonyl (C=O) groups is 4. The average Bonchev–Trinajstić information content (AvgIpc) is 3.31. The number of hydrazine groups is 1. The van der Waals surface area contributed by atoms with E-state index in [0.29, 0.717) is 27.8 Å². The lowest BCUT2D eigenvalue weighted by atomic mass is 10.2. The maximum absolute atomic E-state index is 12.4. The van der Waals surface area contributed by atoms with E-state index >= 15 is 0 Å². The minimum Gasteiger partial charge on any atom is -0.495 e. The fourth-order valence-corrected chi connectivity index (χ4v) is 4.11. The molecule has 0 spiro atoms. The molecule has 10 nitrogen and oxygen atoms in total. The van der Waals surface area contributed by atoms with Crippen LogP contribution >= 0.6 is 11.3 Å². The van der Waals surface area contributed by atoms with Gasteiger partial charge in [0.2, 0.25) is 17.7 Å². The number of rotatable bonds is 8. The molecule has 0 radical (unpaired) electrons. The first-order chi connectivity index (χ1) is 16.9. The van der Waals surface area contributed by atoms with E-state index in [1.165, 1.54) is 35.6 Å². The maximum Gasteiger partial charge on any atom is 0.338 e. The minimum absolute atomic E-state index is 0.0497. The number of nitrogens with zero attached hydrogens (tertiary/aromatic N) is 2. The summed E-state index contributed by atoms with van der Waals surface area (Å²) < 4.78 is 10.5. The molecular formula is C24H22N4O6S. The first kappa shape index (κ1) is 23.9. The Hall–Kier alpha value is -4.25. The number of hydrogen-bond donors (Lipinski definition) is 2. The van der Waals surface area contributed by atoms with Crippen LogP contribution in [0.1, 0.15) is 33.9 Å².